The maximum absolute atomic E-state index is 14.3. The normalized spacial score (nSPS) is 17.3. The molecule has 26 heteroatoms. The molecule has 1 amide bonds. The van der Waals surface area contributed by atoms with Crippen molar-refractivity contribution >= 4 is 68.4 Å². The van der Waals surface area contributed by atoms with Crippen LogP contribution in [0.5, 0.6) is 11.5 Å². The van der Waals surface area contributed by atoms with Crippen LogP contribution >= 0.6 is 11.6 Å². The standard InChI is InChI=1S/C27H29F2N7O3.C22H22ClF2N7O2.C4H7NO/c1-35-14-30-25(34-35)17-6-5-7-18(23(17)38-2)32-19-12-16(13-20(37)15-9-10-15)31-26-22(19)33-27(24(28)29)36(26)21-8-3-4-11-39-21;1-31-11-26-20(30-31)12-6-5-7-13(18(12)33-2)27-14-10-15(23)28-21-17(14)29-22(19(24)25)32(21)16-8-3-4-9-34-16;5-4(6)3-1-2-3/h5-7,12,14-15,21,24H,3-4,8-11,13H2,1-2H3,(H,31,32);5-7,10-11,16,19H,3-4,8-9H2,1-2H3,(H,27,28);3H,1-2H2,(H2,5,6). The van der Waals surface area contributed by atoms with Crippen LogP contribution in [0.25, 0.3) is 45.1 Å². The molecule has 2 aliphatic heterocycles. The molecule has 416 valence electrons. The Bertz CT molecular complexity index is 3490. The van der Waals surface area contributed by atoms with E-state index in [1.807, 2.05) is 30.3 Å². The summed E-state index contributed by atoms with van der Waals surface area (Å²) >= 11 is 6.32. The van der Waals surface area contributed by atoms with E-state index in [0.717, 1.165) is 51.4 Å². The van der Waals surface area contributed by atoms with Crippen molar-refractivity contribution in [3.05, 3.63) is 83.7 Å². The molecule has 2 saturated carbocycles. The molecule has 2 saturated heterocycles. The highest BCUT2D eigenvalue weighted by molar-refractivity contribution is 6.30. The lowest BCUT2D eigenvalue weighted by atomic mass is 10.1. The van der Waals surface area contributed by atoms with Gasteiger partial charge in [-0.1, -0.05) is 23.7 Å². The van der Waals surface area contributed by atoms with Crippen LogP contribution in [0.3, 0.4) is 0 Å². The van der Waals surface area contributed by atoms with E-state index in [4.69, 9.17) is 36.3 Å². The molecular formula is C53H58ClF4N15O6. The average Bonchev–Trinajstić information content (AvgIpc) is 4.53. The maximum Gasteiger partial charge on any atom is 0.295 e. The van der Waals surface area contributed by atoms with Crippen molar-refractivity contribution in [3.8, 4) is 34.3 Å². The number of amides is 1. The second-order valence-electron chi connectivity index (χ2n) is 19.5. The molecule has 0 bridgehead atoms. The highest BCUT2D eigenvalue weighted by atomic mass is 35.5. The molecule has 6 aromatic heterocycles. The van der Waals surface area contributed by atoms with Crippen LogP contribution in [0.2, 0.25) is 5.15 Å². The van der Waals surface area contributed by atoms with E-state index in [1.54, 1.807) is 61.4 Å². The molecule has 21 nitrogen and oxygen atoms in total. The zero-order chi connectivity index (χ0) is 55.5. The number of methoxy groups -OCH3 is 2. The van der Waals surface area contributed by atoms with Gasteiger partial charge < -0.3 is 35.3 Å². The summed E-state index contributed by atoms with van der Waals surface area (Å²) in [5, 5.41) is 15.4. The molecule has 2 atom stereocenters. The number of pyridine rings is 2. The minimum Gasteiger partial charge on any atom is -0.494 e. The number of hydrogen-bond acceptors (Lipinski definition) is 16. The molecule has 4 aliphatic rings. The number of aryl methyl sites for hydroxylation is 2. The summed E-state index contributed by atoms with van der Waals surface area (Å²) in [6, 6.07) is 14.2. The SMILES string of the molecule is COc1c(Nc2cc(CC(=O)C3CC3)nc3c2nc(C(F)F)n3C2CCCCO2)cccc1-c1ncn(C)n1.COc1c(Nc2cc(Cl)nc3c2nc(C(F)F)n3C2CCCCO2)cccc1-c1ncn(C)n1.NC(=O)C1CC1. The Morgan fingerprint density at radius 2 is 1.15 bits per heavy atom. The number of nitrogens with two attached hydrogens (primary N) is 1. The van der Waals surface area contributed by atoms with Crippen LogP contribution in [0.15, 0.2) is 61.2 Å². The predicted molar refractivity (Wildman–Crippen MR) is 284 cm³/mol. The lowest BCUT2D eigenvalue weighted by molar-refractivity contribution is -0.120. The van der Waals surface area contributed by atoms with Gasteiger partial charge in [-0.25, -0.2) is 47.5 Å². The van der Waals surface area contributed by atoms with Crippen molar-refractivity contribution in [2.45, 2.75) is 95.9 Å². The third kappa shape index (κ3) is 12.1. The van der Waals surface area contributed by atoms with E-state index >= 15 is 0 Å². The third-order valence-corrected chi connectivity index (χ3v) is 13.9. The van der Waals surface area contributed by atoms with Gasteiger partial charge in [-0.3, -0.25) is 28.1 Å². The Kier molecular flexibility index (Phi) is 16.4. The number of para-hydroxylation sites is 2. The third-order valence-electron chi connectivity index (χ3n) is 13.7. The fourth-order valence-electron chi connectivity index (χ4n) is 9.57. The number of fused-ring (bicyclic) bond motifs is 2. The Labute approximate surface area is 455 Å². The number of benzene rings is 2. The molecule has 2 aliphatic carbocycles. The largest absolute Gasteiger partial charge is 0.494 e. The Balaban J connectivity index is 0.000000162. The van der Waals surface area contributed by atoms with E-state index in [-0.39, 0.29) is 57.4 Å². The zero-order valence-corrected chi connectivity index (χ0v) is 44.5. The minimum atomic E-state index is -2.83. The smallest absolute Gasteiger partial charge is 0.295 e. The highest BCUT2D eigenvalue weighted by Gasteiger charge is 2.33. The van der Waals surface area contributed by atoms with Crippen LogP contribution in [0.1, 0.15) is 107 Å². The number of nitrogens with one attached hydrogen (secondary N) is 2. The lowest BCUT2D eigenvalue weighted by Crippen LogP contribution is -2.21. The van der Waals surface area contributed by atoms with E-state index in [2.05, 4.69) is 50.7 Å². The topological polar surface area (TPSA) is 244 Å². The second kappa shape index (κ2) is 23.7. The number of alkyl halides is 4. The molecule has 2 aromatic carbocycles. The van der Waals surface area contributed by atoms with Gasteiger partial charge in [-0.05, 0) is 94.5 Å². The number of carbonyl (C=O) groups is 2. The van der Waals surface area contributed by atoms with Gasteiger partial charge in [-0.2, -0.15) is 10.2 Å². The molecule has 8 aromatic rings. The van der Waals surface area contributed by atoms with Crippen molar-refractivity contribution in [3.63, 3.8) is 0 Å². The number of imidazole rings is 2. The average molecular weight is 1110 g/mol. The summed E-state index contributed by atoms with van der Waals surface area (Å²) < 4.78 is 85.5. The van der Waals surface area contributed by atoms with E-state index in [9.17, 15) is 27.2 Å². The predicted octanol–water partition coefficient (Wildman–Crippen LogP) is 10.3. The number of Topliss-reactive ketones (excluding diaryl/α,β-unsaturated/α-hetero) is 1. The van der Waals surface area contributed by atoms with Gasteiger partial charge in [0, 0.05) is 51.6 Å². The van der Waals surface area contributed by atoms with E-state index in [1.165, 1.54) is 16.2 Å². The van der Waals surface area contributed by atoms with Gasteiger partial charge in [0.1, 0.15) is 47.1 Å². The van der Waals surface area contributed by atoms with Gasteiger partial charge >= 0.3 is 0 Å². The molecule has 4 fully saturated rings. The van der Waals surface area contributed by atoms with Gasteiger partial charge in [0.25, 0.3) is 12.9 Å². The van der Waals surface area contributed by atoms with Crippen LogP contribution in [-0.2, 0) is 39.6 Å². The number of ether oxygens (including phenoxy) is 4. The van der Waals surface area contributed by atoms with Crippen molar-refractivity contribution < 1.29 is 46.1 Å². The Hall–Kier alpha value is -7.77. The number of anilines is 4. The van der Waals surface area contributed by atoms with E-state index in [0.29, 0.717) is 88.8 Å². The van der Waals surface area contributed by atoms with Crippen LogP contribution in [0.4, 0.5) is 40.3 Å². The second-order valence-corrected chi connectivity index (χ2v) is 19.9. The molecule has 2 unspecified atom stereocenters. The summed E-state index contributed by atoms with van der Waals surface area (Å²) in [5.74, 6) is 1.38. The summed E-state index contributed by atoms with van der Waals surface area (Å²) in [5.41, 5.74) is 9.69. The van der Waals surface area contributed by atoms with Crippen LogP contribution < -0.4 is 25.8 Å². The molecular weight excluding hydrogens is 1050 g/mol. The molecule has 79 heavy (non-hydrogen) atoms. The first kappa shape index (κ1) is 54.6. The first-order chi connectivity index (χ1) is 38.2. The van der Waals surface area contributed by atoms with Gasteiger partial charge in [0.15, 0.2) is 46.1 Å². The number of nitrogens with zero attached hydrogens (tertiary/aromatic N) is 12. The number of carbonyl (C=O) groups excluding carboxylic acids is 2. The quantitative estimate of drug-likeness (QED) is 0.0602. The van der Waals surface area contributed by atoms with Crippen molar-refractivity contribution in [1.29, 1.82) is 0 Å². The highest BCUT2D eigenvalue weighted by Crippen LogP contribution is 2.43. The van der Waals surface area contributed by atoms with Gasteiger partial charge in [0.05, 0.1) is 53.8 Å². The van der Waals surface area contributed by atoms with Crippen LogP contribution in [0, 0.1) is 11.8 Å². The maximum atomic E-state index is 14.3. The molecule has 4 N–H and O–H groups in total. The summed E-state index contributed by atoms with van der Waals surface area (Å²) in [6.07, 6.45) is 4.93. The molecule has 8 heterocycles. The lowest BCUT2D eigenvalue weighted by Gasteiger charge is -2.25. The minimum absolute atomic E-state index is 0.0461. The van der Waals surface area contributed by atoms with Gasteiger partial charge in [0.2, 0.25) is 5.91 Å². The van der Waals surface area contributed by atoms with Crippen LogP contribution in [-0.4, -0.2) is 97.7 Å². The monoisotopic (exact) mass is 1110 g/mol. The number of halogens is 5. The summed E-state index contributed by atoms with van der Waals surface area (Å²) in [7, 11) is 6.62. The Morgan fingerprint density at radius 1 is 0.671 bits per heavy atom. The van der Waals surface area contributed by atoms with E-state index < -0.39 is 37.0 Å². The van der Waals surface area contributed by atoms with Crippen molar-refractivity contribution in [2.75, 3.05) is 38.1 Å². The number of rotatable bonds is 16. The number of primary amides is 1. The molecule has 12 rings (SSSR count). The number of ketones is 1. The first-order valence-corrected chi connectivity index (χ1v) is 26.3. The fourth-order valence-corrected chi connectivity index (χ4v) is 9.76. The zero-order valence-electron chi connectivity index (χ0n) is 43.7. The van der Waals surface area contributed by atoms with Crippen molar-refractivity contribution in [2.24, 2.45) is 31.7 Å². The van der Waals surface area contributed by atoms with Crippen molar-refractivity contribution in [1.82, 2.24) is 58.6 Å². The summed E-state index contributed by atoms with van der Waals surface area (Å²) in [6.45, 7) is 0.966. The fraction of sp³-hybridized carbons (Fsp3) is 0.434. The number of aromatic nitrogens is 12. The summed E-state index contributed by atoms with van der Waals surface area (Å²) in [4.78, 5) is 48.9. The first-order valence-electron chi connectivity index (χ1n) is 25.9. The van der Waals surface area contributed by atoms with Gasteiger partial charge in [-0.15, -0.1) is 0 Å². The Morgan fingerprint density at radius 3 is 1.54 bits per heavy atom. The molecule has 0 radical (unpaired) electrons. The molecule has 0 spiro atoms. The number of hydrogen-bond donors (Lipinski definition) is 3.